The molecule has 144 valence electrons. The van der Waals surface area contributed by atoms with Gasteiger partial charge in [0.15, 0.2) is 5.69 Å². The third-order valence-electron chi connectivity index (χ3n) is 4.42. The number of carbonyl (C=O) groups is 2. The molecule has 2 N–H and O–H groups in total. The van der Waals surface area contributed by atoms with E-state index in [1.54, 1.807) is 30.3 Å². The van der Waals surface area contributed by atoms with Crippen molar-refractivity contribution in [3.8, 4) is 11.1 Å². The van der Waals surface area contributed by atoms with E-state index in [9.17, 15) is 14.4 Å². The number of carbonyl (C=O) groups excluding carboxylic acids is 2. The Morgan fingerprint density at radius 1 is 0.897 bits per heavy atom. The summed E-state index contributed by atoms with van der Waals surface area (Å²) in [6.07, 6.45) is 1.40. The number of aromatic nitrogens is 2. The maximum atomic E-state index is 12.6. The molecule has 29 heavy (non-hydrogen) atoms. The molecule has 4 aromatic rings. The van der Waals surface area contributed by atoms with E-state index in [0.717, 1.165) is 10.2 Å². The molecule has 0 aliphatic heterocycles. The number of nitrogens with zero attached hydrogens (tertiary/aromatic N) is 2. The summed E-state index contributed by atoms with van der Waals surface area (Å²) in [5.41, 5.74) is 5.77. The molecular weight excluding hydrogens is 372 g/mol. The van der Waals surface area contributed by atoms with Crippen LogP contribution in [0, 0.1) is 0 Å². The topological polar surface area (TPSA) is 106 Å². The number of furan rings is 1. The molecule has 8 heteroatoms. The number of hydrazine groups is 1. The molecule has 0 saturated carbocycles. The number of hydrogen-bond donors (Lipinski definition) is 2. The van der Waals surface area contributed by atoms with Gasteiger partial charge in [0, 0.05) is 18.0 Å². The van der Waals surface area contributed by atoms with Gasteiger partial charge in [-0.25, -0.2) is 4.68 Å². The first-order valence-corrected chi connectivity index (χ1v) is 8.76. The van der Waals surface area contributed by atoms with Gasteiger partial charge in [0.25, 0.3) is 11.5 Å². The quantitative estimate of drug-likeness (QED) is 0.524. The van der Waals surface area contributed by atoms with Crippen LogP contribution in [0.3, 0.4) is 0 Å². The van der Waals surface area contributed by atoms with Crippen LogP contribution in [0.4, 0.5) is 0 Å². The van der Waals surface area contributed by atoms with Gasteiger partial charge in [-0.2, -0.15) is 5.10 Å². The van der Waals surface area contributed by atoms with Crippen molar-refractivity contribution in [2.45, 2.75) is 0 Å². The van der Waals surface area contributed by atoms with Gasteiger partial charge in [-0.15, -0.1) is 0 Å². The molecule has 2 aromatic carbocycles. The lowest BCUT2D eigenvalue weighted by Gasteiger charge is -2.10. The summed E-state index contributed by atoms with van der Waals surface area (Å²) in [4.78, 5) is 37.3. The minimum atomic E-state index is -0.655. The summed E-state index contributed by atoms with van der Waals surface area (Å²) in [5, 5.41) is 4.78. The van der Waals surface area contributed by atoms with Gasteiger partial charge < -0.3 is 4.42 Å². The molecule has 0 aliphatic rings. The molecule has 4 rings (SSSR count). The number of benzene rings is 2. The monoisotopic (exact) mass is 388 g/mol. The predicted molar refractivity (Wildman–Crippen MR) is 106 cm³/mol. The Kier molecular flexibility index (Phi) is 4.66. The molecule has 0 radical (unpaired) electrons. The van der Waals surface area contributed by atoms with Crippen molar-refractivity contribution in [3.05, 3.63) is 88.7 Å². The van der Waals surface area contributed by atoms with E-state index in [0.29, 0.717) is 16.3 Å². The second-order valence-corrected chi connectivity index (χ2v) is 6.26. The van der Waals surface area contributed by atoms with Crippen molar-refractivity contribution < 1.29 is 14.0 Å². The van der Waals surface area contributed by atoms with Crippen molar-refractivity contribution in [3.63, 3.8) is 0 Å². The van der Waals surface area contributed by atoms with Gasteiger partial charge in [-0.1, -0.05) is 48.5 Å². The summed E-state index contributed by atoms with van der Waals surface area (Å²) in [6, 6.07) is 17.6. The Labute approximate surface area is 164 Å². The Bertz CT molecular complexity index is 1270. The molecule has 0 aliphatic carbocycles. The zero-order valence-electron chi connectivity index (χ0n) is 15.4. The van der Waals surface area contributed by atoms with Crippen LogP contribution in [0.1, 0.15) is 21.0 Å². The molecule has 0 fully saturated rings. The van der Waals surface area contributed by atoms with E-state index in [4.69, 9.17) is 4.42 Å². The highest BCUT2D eigenvalue weighted by Crippen LogP contribution is 2.24. The Balaban J connectivity index is 1.57. The average Bonchev–Trinajstić information content (AvgIpc) is 3.25. The summed E-state index contributed by atoms with van der Waals surface area (Å²) >= 11 is 0. The highest BCUT2D eigenvalue weighted by molar-refractivity contribution is 6.06. The van der Waals surface area contributed by atoms with Gasteiger partial charge in [0.05, 0.1) is 11.6 Å². The second-order valence-electron chi connectivity index (χ2n) is 6.26. The molecule has 8 nitrogen and oxygen atoms in total. The van der Waals surface area contributed by atoms with E-state index in [1.807, 2.05) is 30.3 Å². The lowest BCUT2D eigenvalue weighted by atomic mass is 10.1. The van der Waals surface area contributed by atoms with Crippen molar-refractivity contribution >= 4 is 22.6 Å². The van der Waals surface area contributed by atoms with E-state index < -0.39 is 11.8 Å². The van der Waals surface area contributed by atoms with E-state index in [2.05, 4.69) is 16.0 Å². The van der Waals surface area contributed by atoms with Crippen molar-refractivity contribution in [2.24, 2.45) is 7.05 Å². The van der Waals surface area contributed by atoms with E-state index in [1.165, 1.54) is 13.3 Å². The van der Waals surface area contributed by atoms with Crippen LogP contribution >= 0.6 is 0 Å². The molecule has 0 spiro atoms. The van der Waals surface area contributed by atoms with Crippen LogP contribution in [-0.4, -0.2) is 21.6 Å². The normalized spacial score (nSPS) is 10.7. The summed E-state index contributed by atoms with van der Waals surface area (Å²) in [6.45, 7) is 0. The van der Waals surface area contributed by atoms with Crippen LogP contribution in [0.25, 0.3) is 21.9 Å². The first-order valence-electron chi connectivity index (χ1n) is 8.76. The molecule has 2 heterocycles. The number of fused-ring (bicyclic) bond motifs is 1. The molecule has 0 atom stereocenters. The van der Waals surface area contributed by atoms with Crippen molar-refractivity contribution in [1.29, 1.82) is 0 Å². The van der Waals surface area contributed by atoms with E-state index in [-0.39, 0.29) is 17.0 Å². The number of hydrogen-bond acceptors (Lipinski definition) is 5. The molecular formula is C21H16N4O4. The lowest BCUT2D eigenvalue weighted by Crippen LogP contribution is -2.42. The highest BCUT2D eigenvalue weighted by Gasteiger charge is 2.20. The van der Waals surface area contributed by atoms with Crippen molar-refractivity contribution in [2.75, 3.05) is 0 Å². The Morgan fingerprint density at radius 3 is 2.31 bits per heavy atom. The second kappa shape index (κ2) is 7.43. The maximum Gasteiger partial charge on any atom is 0.306 e. The molecule has 0 bridgehead atoms. The van der Waals surface area contributed by atoms with Gasteiger partial charge >= 0.3 is 5.91 Å². The van der Waals surface area contributed by atoms with Crippen molar-refractivity contribution in [1.82, 2.24) is 20.6 Å². The smallest absolute Gasteiger partial charge is 0.306 e. The minimum absolute atomic E-state index is 0.0192. The zero-order chi connectivity index (χ0) is 20.4. The maximum absolute atomic E-state index is 12.6. The van der Waals surface area contributed by atoms with Gasteiger partial charge in [0.2, 0.25) is 5.76 Å². The number of aryl methyl sites for hydroxylation is 1. The van der Waals surface area contributed by atoms with Crippen LogP contribution in [0.5, 0.6) is 0 Å². The molecule has 0 saturated heterocycles. The SMILES string of the molecule is Cn1nc(C(=O)NNC(=O)c2occc2-c2ccccc2)c2ccccc2c1=O. The predicted octanol–water partition coefficient (Wildman–Crippen LogP) is 2.27. The lowest BCUT2D eigenvalue weighted by molar-refractivity contribution is 0.0829. The minimum Gasteiger partial charge on any atom is -0.458 e. The zero-order valence-corrected chi connectivity index (χ0v) is 15.4. The fourth-order valence-corrected chi connectivity index (χ4v) is 3.03. The number of nitrogens with one attached hydrogen (secondary N) is 2. The van der Waals surface area contributed by atoms with Gasteiger partial charge in [-0.3, -0.25) is 25.2 Å². The molecule has 2 amide bonds. The van der Waals surface area contributed by atoms with Crippen LogP contribution < -0.4 is 16.4 Å². The summed E-state index contributed by atoms with van der Waals surface area (Å²) in [5.74, 6) is -1.20. The molecule has 0 unspecified atom stereocenters. The Morgan fingerprint density at radius 2 is 1.55 bits per heavy atom. The first kappa shape index (κ1) is 18.2. The van der Waals surface area contributed by atoms with E-state index >= 15 is 0 Å². The standard InChI is InChI=1S/C21H16N4O4/c1-25-21(28)16-10-6-5-9-15(16)17(24-25)19(26)22-23-20(27)18-14(11-12-29-18)13-7-3-2-4-8-13/h2-12H,1H3,(H,22,26)(H,23,27). The summed E-state index contributed by atoms with van der Waals surface area (Å²) < 4.78 is 6.38. The average molecular weight is 388 g/mol. The number of rotatable bonds is 3. The first-order chi connectivity index (χ1) is 14.1. The van der Waals surface area contributed by atoms with Crippen LogP contribution in [0.15, 0.2) is 76.1 Å². The largest absolute Gasteiger partial charge is 0.458 e. The third-order valence-corrected chi connectivity index (χ3v) is 4.42. The fourth-order valence-electron chi connectivity index (χ4n) is 3.03. The fraction of sp³-hybridized carbons (Fsp3) is 0.0476. The van der Waals surface area contributed by atoms with Crippen LogP contribution in [0.2, 0.25) is 0 Å². The van der Waals surface area contributed by atoms with Gasteiger partial charge in [0.1, 0.15) is 0 Å². The number of amides is 2. The summed E-state index contributed by atoms with van der Waals surface area (Å²) in [7, 11) is 1.46. The van der Waals surface area contributed by atoms with Crippen LogP contribution in [-0.2, 0) is 7.05 Å². The highest BCUT2D eigenvalue weighted by atomic mass is 16.3. The van der Waals surface area contributed by atoms with Gasteiger partial charge in [-0.05, 0) is 17.7 Å². The molecule has 2 aromatic heterocycles. The third kappa shape index (κ3) is 3.39. The Hall–Kier alpha value is -4.20.